The van der Waals surface area contributed by atoms with Crippen LogP contribution in [0, 0.1) is 0 Å². The fourth-order valence-corrected chi connectivity index (χ4v) is 3.13. The van der Waals surface area contributed by atoms with Gasteiger partial charge in [0.05, 0.1) is 5.69 Å². The van der Waals surface area contributed by atoms with Crippen LogP contribution >= 0.6 is 11.3 Å². The number of anilines is 1. The van der Waals surface area contributed by atoms with Gasteiger partial charge in [-0.25, -0.2) is 4.98 Å². The van der Waals surface area contributed by atoms with Crippen LogP contribution in [0.5, 0.6) is 0 Å². The number of hydrogen-bond acceptors (Lipinski definition) is 5. The van der Waals surface area contributed by atoms with Crippen molar-refractivity contribution in [1.29, 1.82) is 0 Å². The number of nitrogens with one attached hydrogen (secondary N) is 2. The third-order valence-electron chi connectivity index (χ3n) is 2.93. The first-order valence-corrected chi connectivity index (χ1v) is 6.40. The molecule has 0 atom stereocenters. The lowest BCUT2D eigenvalue weighted by atomic mass is 10.2. The molecule has 3 heterocycles. The second-order valence-electron chi connectivity index (χ2n) is 4.02. The quantitative estimate of drug-likeness (QED) is 0.714. The maximum absolute atomic E-state index is 11.6. The molecule has 1 aromatic heterocycles. The van der Waals surface area contributed by atoms with Gasteiger partial charge in [-0.15, -0.1) is 0 Å². The highest BCUT2D eigenvalue weighted by molar-refractivity contribution is 7.17. The SMILES string of the molecule is O=C1NCCc2nc(N3CCNCC3)sc21. The lowest BCUT2D eigenvalue weighted by Crippen LogP contribution is -2.43. The number of hydrogen-bond donors (Lipinski definition) is 2. The zero-order chi connectivity index (χ0) is 11.0. The molecule has 6 heteroatoms. The van der Waals surface area contributed by atoms with Gasteiger partial charge >= 0.3 is 0 Å². The van der Waals surface area contributed by atoms with Gasteiger partial charge in [0.25, 0.3) is 5.91 Å². The van der Waals surface area contributed by atoms with E-state index in [0.717, 1.165) is 54.8 Å². The molecule has 2 aliphatic heterocycles. The van der Waals surface area contributed by atoms with Crippen molar-refractivity contribution in [2.75, 3.05) is 37.6 Å². The van der Waals surface area contributed by atoms with E-state index in [1.807, 2.05) is 0 Å². The number of thiazole rings is 1. The van der Waals surface area contributed by atoms with E-state index in [-0.39, 0.29) is 5.91 Å². The summed E-state index contributed by atoms with van der Waals surface area (Å²) in [6.45, 7) is 4.67. The zero-order valence-corrected chi connectivity index (χ0v) is 9.77. The fraction of sp³-hybridized carbons (Fsp3) is 0.600. The Morgan fingerprint density at radius 3 is 2.81 bits per heavy atom. The molecule has 86 valence electrons. The van der Waals surface area contributed by atoms with Gasteiger partial charge in [-0.1, -0.05) is 11.3 Å². The minimum atomic E-state index is 0.0418. The van der Waals surface area contributed by atoms with E-state index >= 15 is 0 Å². The molecule has 16 heavy (non-hydrogen) atoms. The molecule has 0 bridgehead atoms. The van der Waals surface area contributed by atoms with Gasteiger partial charge in [-0.05, 0) is 0 Å². The second kappa shape index (κ2) is 4.03. The van der Waals surface area contributed by atoms with E-state index in [1.165, 1.54) is 11.3 Å². The lowest BCUT2D eigenvalue weighted by Gasteiger charge is -2.26. The number of piperazine rings is 1. The summed E-state index contributed by atoms with van der Waals surface area (Å²) in [6.07, 6.45) is 0.865. The number of fused-ring (bicyclic) bond motifs is 1. The Labute approximate surface area is 97.9 Å². The minimum absolute atomic E-state index is 0.0418. The summed E-state index contributed by atoms with van der Waals surface area (Å²) in [5.74, 6) is 0.0418. The third-order valence-corrected chi connectivity index (χ3v) is 4.08. The van der Waals surface area contributed by atoms with Gasteiger partial charge in [0.1, 0.15) is 4.88 Å². The van der Waals surface area contributed by atoms with Crippen LogP contribution < -0.4 is 15.5 Å². The molecule has 1 fully saturated rings. The number of nitrogens with zero attached hydrogens (tertiary/aromatic N) is 2. The van der Waals surface area contributed by atoms with E-state index in [0.29, 0.717) is 0 Å². The van der Waals surface area contributed by atoms with Crippen LogP contribution in [-0.2, 0) is 6.42 Å². The van der Waals surface area contributed by atoms with Crippen LogP contribution in [0.4, 0.5) is 5.13 Å². The summed E-state index contributed by atoms with van der Waals surface area (Å²) in [6, 6.07) is 0. The van der Waals surface area contributed by atoms with Crippen molar-refractivity contribution in [1.82, 2.24) is 15.6 Å². The molecule has 0 aliphatic carbocycles. The Bertz CT molecular complexity index is 411. The second-order valence-corrected chi connectivity index (χ2v) is 4.99. The zero-order valence-electron chi connectivity index (χ0n) is 8.95. The van der Waals surface area contributed by atoms with Crippen molar-refractivity contribution in [3.05, 3.63) is 10.6 Å². The Morgan fingerprint density at radius 1 is 1.25 bits per heavy atom. The molecule has 0 saturated carbocycles. The van der Waals surface area contributed by atoms with Crippen LogP contribution in [0.25, 0.3) is 0 Å². The van der Waals surface area contributed by atoms with Gasteiger partial charge in [0.15, 0.2) is 5.13 Å². The molecule has 2 N–H and O–H groups in total. The summed E-state index contributed by atoms with van der Waals surface area (Å²) < 4.78 is 0. The first kappa shape index (κ1) is 10.0. The molecular formula is C10H14N4OS. The molecule has 1 amide bonds. The highest BCUT2D eigenvalue weighted by Crippen LogP contribution is 2.28. The molecule has 2 aliphatic rings. The van der Waals surface area contributed by atoms with E-state index < -0.39 is 0 Å². The van der Waals surface area contributed by atoms with Crippen LogP contribution in [0.1, 0.15) is 15.4 Å². The van der Waals surface area contributed by atoms with Crippen molar-refractivity contribution in [3.63, 3.8) is 0 Å². The summed E-state index contributed by atoms with van der Waals surface area (Å²) in [4.78, 5) is 19.3. The number of carbonyl (C=O) groups excluding carboxylic acids is 1. The molecule has 1 aromatic rings. The van der Waals surface area contributed by atoms with Crippen LogP contribution in [0.15, 0.2) is 0 Å². The van der Waals surface area contributed by atoms with E-state index in [2.05, 4.69) is 20.5 Å². The van der Waals surface area contributed by atoms with Crippen LogP contribution in [0.3, 0.4) is 0 Å². The predicted molar refractivity (Wildman–Crippen MR) is 63.2 cm³/mol. The van der Waals surface area contributed by atoms with Gasteiger partial charge in [-0.3, -0.25) is 4.79 Å². The first-order chi connectivity index (χ1) is 7.84. The standard InChI is InChI=1S/C10H14N4OS/c15-9-8-7(1-2-12-9)13-10(16-8)14-5-3-11-4-6-14/h11H,1-6H2,(H,12,15). The molecule has 0 radical (unpaired) electrons. The summed E-state index contributed by atoms with van der Waals surface area (Å²) >= 11 is 1.52. The Hall–Kier alpha value is -1.14. The fourth-order valence-electron chi connectivity index (χ4n) is 2.05. The molecule has 3 rings (SSSR count). The van der Waals surface area contributed by atoms with Crippen LogP contribution in [-0.4, -0.2) is 43.6 Å². The highest BCUT2D eigenvalue weighted by Gasteiger charge is 2.24. The molecule has 1 saturated heterocycles. The topological polar surface area (TPSA) is 57.3 Å². The van der Waals surface area contributed by atoms with Crippen molar-refractivity contribution in [3.8, 4) is 0 Å². The van der Waals surface area contributed by atoms with Gasteiger partial charge < -0.3 is 15.5 Å². The molecule has 0 unspecified atom stereocenters. The first-order valence-electron chi connectivity index (χ1n) is 5.58. The predicted octanol–water partition coefficient (Wildman–Crippen LogP) is -0.161. The third kappa shape index (κ3) is 1.68. The van der Waals surface area contributed by atoms with Gasteiger partial charge in [0, 0.05) is 39.1 Å². The number of rotatable bonds is 1. The smallest absolute Gasteiger partial charge is 0.263 e. The molecular weight excluding hydrogens is 224 g/mol. The van der Waals surface area contributed by atoms with Crippen molar-refractivity contribution in [2.45, 2.75) is 6.42 Å². The van der Waals surface area contributed by atoms with Gasteiger partial charge in [0.2, 0.25) is 0 Å². The normalized spacial score (nSPS) is 20.5. The maximum atomic E-state index is 11.6. The van der Waals surface area contributed by atoms with Gasteiger partial charge in [-0.2, -0.15) is 0 Å². The number of amides is 1. The average molecular weight is 238 g/mol. The Balaban J connectivity index is 1.88. The van der Waals surface area contributed by atoms with Crippen molar-refractivity contribution < 1.29 is 4.79 Å². The largest absolute Gasteiger partial charge is 0.351 e. The minimum Gasteiger partial charge on any atom is -0.351 e. The number of aromatic nitrogens is 1. The Kier molecular flexibility index (Phi) is 2.53. The van der Waals surface area contributed by atoms with Crippen molar-refractivity contribution >= 4 is 22.4 Å². The van der Waals surface area contributed by atoms with E-state index in [4.69, 9.17) is 0 Å². The van der Waals surface area contributed by atoms with Crippen LogP contribution in [0.2, 0.25) is 0 Å². The van der Waals surface area contributed by atoms with E-state index in [9.17, 15) is 4.79 Å². The monoisotopic (exact) mass is 238 g/mol. The number of carbonyl (C=O) groups is 1. The summed E-state index contributed by atoms with van der Waals surface area (Å²) in [7, 11) is 0. The Morgan fingerprint density at radius 2 is 2.06 bits per heavy atom. The summed E-state index contributed by atoms with van der Waals surface area (Å²) in [5, 5.41) is 7.17. The molecule has 5 nitrogen and oxygen atoms in total. The molecule has 0 spiro atoms. The van der Waals surface area contributed by atoms with Crippen molar-refractivity contribution in [2.24, 2.45) is 0 Å². The lowest BCUT2D eigenvalue weighted by molar-refractivity contribution is 0.0950. The van der Waals surface area contributed by atoms with E-state index in [1.54, 1.807) is 0 Å². The molecule has 0 aromatic carbocycles. The average Bonchev–Trinajstić information content (AvgIpc) is 2.76. The summed E-state index contributed by atoms with van der Waals surface area (Å²) in [5.41, 5.74) is 0.974. The maximum Gasteiger partial charge on any atom is 0.263 e. The highest BCUT2D eigenvalue weighted by atomic mass is 32.1.